The average Bonchev–Trinajstić information content (AvgIpc) is 3.34. The monoisotopic (exact) mass is 487 g/mol. The largest absolute Gasteiger partial charge is 0.493 e. The van der Waals surface area contributed by atoms with Crippen molar-refractivity contribution in [2.24, 2.45) is 0 Å². The van der Waals surface area contributed by atoms with Crippen molar-refractivity contribution in [1.29, 1.82) is 0 Å². The first kappa shape index (κ1) is 24.1. The summed E-state index contributed by atoms with van der Waals surface area (Å²) in [7, 11) is 3.21. The molecule has 0 unspecified atom stereocenters. The van der Waals surface area contributed by atoms with Crippen molar-refractivity contribution in [3.05, 3.63) is 35.5 Å². The number of aromatic nitrogens is 3. The van der Waals surface area contributed by atoms with Crippen molar-refractivity contribution in [1.82, 2.24) is 25.1 Å². The van der Waals surface area contributed by atoms with Crippen LogP contribution in [0.25, 0.3) is 11.5 Å². The fraction of sp³-hybridized carbons (Fsp3) is 0.478. The van der Waals surface area contributed by atoms with E-state index in [0.717, 1.165) is 42.2 Å². The molecule has 1 aromatic carbocycles. The molecule has 0 atom stereocenters. The second-order valence-corrected chi connectivity index (χ2v) is 9.08. The Kier molecular flexibility index (Phi) is 7.73. The predicted octanol–water partition coefficient (Wildman–Crippen LogP) is 3.19. The standard InChI is InChI=1S/C23H29N5O5S/c1-15-22(16(2)32-25-15)23-24-20(26-33-23)13-27-8-5-9-28(11-10-27)21(29)14-34-17-6-7-18(30-3)19(12-17)31-4/h6-7,12H,5,8-11,13-14H2,1-4H3. The molecule has 34 heavy (non-hydrogen) atoms. The molecule has 0 N–H and O–H groups in total. The lowest BCUT2D eigenvalue weighted by atomic mass is 10.2. The summed E-state index contributed by atoms with van der Waals surface area (Å²) in [5, 5.41) is 8.06. The molecule has 4 rings (SSSR count). The van der Waals surface area contributed by atoms with E-state index in [1.54, 1.807) is 14.2 Å². The summed E-state index contributed by atoms with van der Waals surface area (Å²) in [6.45, 7) is 7.25. The van der Waals surface area contributed by atoms with E-state index in [9.17, 15) is 4.79 Å². The first-order valence-corrected chi connectivity index (χ1v) is 12.1. The Labute approximate surface area is 202 Å². The predicted molar refractivity (Wildman–Crippen MR) is 126 cm³/mol. The third kappa shape index (κ3) is 5.53. The molecular weight excluding hydrogens is 458 g/mol. The van der Waals surface area contributed by atoms with Crippen LogP contribution >= 0.6 is 11.8 Å². The Hall–Kier alpha value is -3.05. The number of methoxy groups -OCH3 is 2. The van der Waals surface area contributed by atoms with Gasteiger partial charge in [0.1, 0.15) is 11.3 Å². The van der Waals surface area contributed by atoms with Gasteiger partial charge in [-0.25, -0.2) is 0 Å². The molecule has 0 spiro atoms. The maximum atomic E-state index is 12.8. The van der Waals surface area contributed by atoms with Crippen LogP contribution < -0.4 is 9.47 Å². The molecule has 1 fully saturated rings. The molecule has 0 radical (unpaired) electrons. The number of hydrogen-bond acceptors (Lipinski definition) is 10. The molecule has 10 nitrogen and oxygen atoms in total. The van der Waals surface area contributed by atoms with Crippen LogP contribution in [-0.2, 0) is 11.3 Å². The van der Waals surface area contributed by atoms with Crippen LogP contribution in [0.2, 0.25) is 0 Å². The highest BCUT2D eigenvalue weighted by Gasteiger charge is 2.22. The molecule has 0 bridgehead atoms. The van der Waals surface area contributed by atoms with Crippen molar-refractivity contribution >= 4 is 17.7 Å². The quantitative estimate of drug-likeness (QED) is 0.440. The van der Waals surface area contributed by atoms with Crippen molar-refractivity contribution in [2.45, 2.75) is 31.7 Å². The van der Waals surface area contributed by atoms with Crippen LogP contribution in [0.15, 0.2) is 32.1 Å². The van der Waals surface area contributed by atoms with Crippen LogP contribution in [-0.4, -0.2) is 77.2 Å². The summed E-state index contributed by atoms with van der Waals surface area (Å²) < 4.78 is 21.2. The SMILES string of the molecule is COc1ccc(SCC(=O)N2CCCN(Cc3noc(-c4c(C)noc4C)n3)CC2)cc1OC. The highest BCUT2D eigenvalue weighted by molar-refractivity contribution is 8.00. The van der Waals surface area contributed by atoms with Gasteiger partial charge in [-0.1, -0.05) is 10.3 Å². The molecule has 0 aliphatic carbocycles. The molecule has 1 aliphatic rings. The minimum Gasteiger partial charge on any atom is -0.493 e. The van der Waals surface area contributed by atoms with E-state index in [1.807, 2.05) is 36.9 Å². The van der Waals surface area contributed by atoms with Gasteiger partial charge < -0.3 is 23.4 Å². The van der Waals surface area contributed by atoms with Gasteiger partial charge >= 0.3 is 0 Å². The van der Waals surface area contributed by atoms with Crippen molar-refractivity contribution in [3.63, 3.8) is 0 Å². The van der Waals surface area contributed by atoms with Gasteiger partial charge in [-0.2, -0.15) is 4.98 Å². The number of rotatable bonds is 8. The van der Waals surface area contributed by atoms with Gasteiger partial charge in [0, 0.05) is 31.1 Å². The van der Waals surface area contributed by atoms with Gasteiger partial charge in [0.05, 0.1) is 32.2 Å². The summed E-state index contributed by atoms with van der Waals surface area (Å²) in [4.78, 5) is 22.5. The van der Waals surface area contributed by atoms with E-state index in [2.05, 4.69) is 20.2 Å². The van der Waals surface area contributed by atoms with Crippen LogP contribution in [0.1, 0.15) is 23.7 Å². The van der Waals surface area contributed by atoms with Crippen LogP contribution in [0, 0.1) is 13.8 Å². The average molecular weight is 488 g/mol. The molecule has 11 heteroatoms. The molecule has 2 aromatic heterocycles. The number of ether oxygens (including phenoxy) is 2. The fourth-order valence-electron chi connectivity index (χ4n) is 3.93. The Morgan fingerprint density at radius 2 is 1.88 bits per heavy atom. The zero-order valence-corrected chi connectivity index (χ0v) is 20.7. The third-order valence-corrected chi connectivity index (χ3v) is 6.72. The van der Waals surface area contributed by atoms with Crippen molar-refractivity contribution in [3.8, 4) is 23.0 Å². The normalized spacial score (nSPS) is 14.8. The number of hydrogen-bond donors (Lipinski definition) is 0. The van der Waals surface area contributed by atoms with Crippen molar-refractivity contribution in [2.75, 3.05) is 46.2 Å². The minimum atomic E-state index is 0.127. The summed E-state index contributed by atoms with van der Waals surface area (Å²) in [6.07, 6.45) is 0.890. The zero-order valence-electron chi connectivity index (χ0n) is 19.9. The summed E-state index contributed by atoms with van der Waals surface area (Å²) in [5.41, 5.74) is 1.47. The van der Waals surface area contributed by atoms with Crippen LogP contribution in [0.4, 0.5) is 0 Å². The van der Waals surface area contributed by atoms with Gasteiger partial charge in [0.15, 0.2) is 17.3 Å². The van der Waals surface area contributed by atoms with Gasteiger partial charge in [0.2, 0.25) is 5.91 Å². The molecular formula is C23H29N5O5S. The number of carbonyl (C=O) groups excluding carboxylic acids is 1. The van der Waals surface area contributed by atoms with E-state index in [1.165, 1.54) is 11.8 Å². The highest BCUT2D eigenvalue weighted by Crippen LogP contribution is 2.32. The smallest absolute Gasteiger partial charge is 0.263 e. The van der Waals surface area contributed by atoms with E-state index in [4.69, 9.17) is 18.5 Å². The maximum absolute atomic E-state index is 12.8. The molecule has 182 valence electrons. The Bertz CT molecular complexity index is 1110. The van der Waals surface area contributed by atoms with Gasteiger partial charge in [-0.15, -0.1) is 11.8 Å². The number of carbonyl (C=O) groups is 1. The molecule has 1 saturated heterocycles. The second-order valence-electron chi connectivity index (χ2n) is 8.03. The molecule has 1 aliphatic heterocycles. The van der Waals surface area contributed by atoms with Gasteiger partial charge in [-0.05, 0) is 38.5 Å². The number of thioether (sulfide) groups is 1. The number of amides is 1. The Balaban J connectivity index is 1.29. The summed E-state index contributed by atoms with van der Waals surface area (Å²) in [6, 6.07) is 5.68. The Morgan fingerprint density at radius 1 is 1.06 bits per heavy atom. The van der Waals surface area contributed by atoms with Gasteiger partial charge in [-0.3, -0.25) is 9.69 Å². The lowest BCUT2D eigenvalue weighted by Crippen LogP contribution is -2.36. The van der Waals surface area contributed by atoms with Gasteiger partial charge in [0.25, 0.3) is 5.89 Å². The fourth-order valence-corrected chi connectivity index (χ4v) is 4.76. The summed E-state index contributed by atoms with van der Waals surface area (Å²) >= 11 is 1.50. The highest BCUT2D eigenvalue weighted by atomic mass is 32.2. The Morgan fingerprint density at radius 3 is 2.62 bits per heavy atom. The minimum absolute atomic E-state index is 0.127. The number of benzene rings is 1. The first-order chi connectivity index (χ1) is 16.5. The number of aryl methyl sites for hydroxylation is 2. The summed E-state index contributed by atoms with van der Waals surface area (Å²) in [5.74, 6) is 3.52. The zero-order chi connectivity index (χ0) is 24.1. The molecule has 3 aromatic rings. The number of nitrogens with zero attached hydrogens (tertiary/aromatic N) is 5. The topological polar surface area (TPSA) is 107 Å². The molecule has 3 heterocycles. The lowest BCUT2D eigenvalue weighted by molar-refractivity contribution is -0.128. The van der Waals surface area contributed by atoms with E-state index in [0.29, 0.717) is 47.8 Å². The van der Waals surface area contributed by atoms with E-state index < -0.39 is 0 Å². The van der Waals surface area contributed by atoms with Crippen LogP contribution in [0.5, 0.6) is 11.5 Å². The van der Waals surface area contributed by atoms with Crippen molar-refractivity contribution < 1.29 is 23.3 Å². The molecule has 0 saturated carbocycles. The third-order valence-electron chi connectivity index (χ3n) is 5.74. The maximum Gasteiger partial charge on any atom is 0.263 e. The van der Waals surface area contributed by atoms with E-state index >= 15 is 0 Å². The lowest BCUT2D eigenvalue weighted by Gasteiger charge is -2.21. The first-order valence-electron chi connectivity index (χ1n) is 11.1. The molecule has 1 amide bonds. The van der Waals surface area contributed by atoms with Crippen LogP contribution in [0.3, 0.4) is 0 Å². The van der Waals surface area contributed by atoms with E-state index in [-0.39, 0.29) is 5.91 Å². The second kappa shape index (κ2) is 10.9.